The summed E-state index contributed by atoms with van der Waals surface area (Å²) in [5.41, 5.74) is 4.26. The molecule has 2 aromatic carbocycles. The van der Waals surface area contributed by atoms with Gasteiger partial charge in [-0.25, -0.2) is 4.79 Å². The SMILES string of the molecule is Cc1ccc(C23CC4CC(CC(C(=O)Nc5ccccc5C(=O)O)(C4)C2)C3)cc1C. The van der Waals surface area contributed by atoms with Gasteiger partial charge in [-0.2, -0.15) is 0 Å². The Balaban J connectivity index is 1.49. The molecule has 4 fully saturated rings. The average molecular weight is 404 g/mol. The minimum Gasteiger partial charge on any atom is -0.478 e. The number of hydrogen-bond acceptors (Lipinski definition) is 2. The van der Waals surface area contributed by atoms with E-state index in [2.05, 4.69) is 37.4 Å². The van der Waals surface area contributed by atoms with Crippen molar-refractivity contribution in [2.75, 3.05) is 5.32 Å². The van der Waals surface area contributed by atoms with Crippen molar-refractivity contribution >= 4 is 17.6 Å². The lowest BCUT2D eigenvalue weighted by molar-refractivity contribution is -0.143. The Labute approximate surface area is 177 Å². The number of carbonyl (C=O) groups excluding carboxylic acids is 1. The number of aryl methyl sites for hydroxylation is 2. The molecule has 4 heteroatoms. The van der Waals surface area contributed by atoms with E-state index in [9.17, 15) is 14.7 Å². The van der Waals surface area contributed by atoms with Gasteiger partial charge in [0.15, 0.2) is 0 Å². The number of nitrogens with one attached hydrogen (secondary N) is 1. The first-order valence-electron chi connectivity index (χ1n) is 11.0. The third-order valence-electron chi connectivity index (χ3n) is 8.07. The van der Waals surface area contributed by atoms with Crippen LogP contribution in [0, 0.1) is 31.1 Å². The van der Waals surface area contributed by atoms with Gasteiger partial charge in [0, 0.05) is 0 Å². The van der Waals surface area contributed by atoms with E-state index in [0.717, 1.165) is 19.3 Å². The molecule has 4 bridgehead atoms. The number of aromatic carboxylic acids is 1. The summed E-state index contributed by atoms with van der Waals surface area (Å²) in [6.45, 7) is 4.32. The van der Waals surface area contributed by atoms with Crippen LogP contribution in [0.1, 0.15) is 65.6 Å². The first-order valence-corrected chi connectivity index (χ1v) is 11.0. The van der Waals surface area contributed by atoms with Crippen molar-refractivity contribution in [3.05, 3.63) is 64.7 Å². The second-order valence-corrected chi connectivity index (χ2v) is 10.1. The van der Waals surface area contributed by atoms with E-state index < -0.39 is 11.4 Å². The molecule has 0 aromatic heterocycles. The molecular weight excluding hydrogens is 374 g/mol. The summed E-state index contributed by atoms with van der Waals surface area (Å²) in [5.74, 6) is 0.156. The molecule has 0 saturated heterocycles. The van der Waals surface area contributed by atoms with Crippen molar-refractivity contribution in [1.29, 1.82) is 0 Å². The minimum absolute atomic E-state index is 0.0125. The van der Waals surface area contributed by atoms with Gasteiger partial charge in [-0.1, -0.05) is 30.3 Å². The van der Waals surface area contributed by atoms with Gasteiger partial charge < -0.3 is 10.4 Å². The van der Waals surface area contributed by atoms with Gasteiger partial charge in [-0.15, -0.1) is 0 Å². The first kappa shape index (κ1) is 19.3. The van der Waals surface area contributed by atoms with E-state index in [4.69, 9.17) is 0 Å². The molecule has 0 aliphatic heterocycles. The lowest BCUT2D eigenvalue weighted by atomic mass is 9.42. The molecule has 2 unspecified atom stereocenters. The molecule has 0 spiro atoms. The van der Waals surface area contributed by atoms with Crippen LogP contribution in [0.3, 0.4) is 0 Å². The van der Waals surface area contributed by atoms with E-state index in [1.54, 1.807) is 24.3 Å². The zero-order valence-electron chi connectivity index (χ0n) is 17.7. The third-order valence-corrected chi connectivity index (χ3v) is 8.07. The van der Waals surface area contributed by atoms with Crippen LogP contribution in [0.15, 0.2) is 42.5 Å². The number of carboxylic acids is 1. The Hall–Kier alpha value is -2.62. The van der Waals surface area contributed by atoms with Crippen LogP contribution >= 0.6 is 0 Å². The molecule has 4 saturated carbocycles. The second kappa shape index (κ2) is 6.69. The molecule has 0 radical (unpaired) electrons. The highest BCUT2D eigenvalue weighted by molar-refractivity contribution is 6.02. The van der Waals surface area contributed by atoms with Gasteiger partial charge in [0.25, 0.3) is 0 Å². The van der Waals surface area contributed by atoms with Crippen LogP contribution in [0.4, 0.5) is 5.69 Å². The molecule has 0 heterocycles. The van der Waals surface area contributed by atoms with E-state index in [1.807, 2.05) is 0 Å². The maximum Gasteiger partial charge on any atom is 0.337 e. The molecule has 156 valence electrons. The lowest BCUT2D eigenvalue weighted by Gasteiger charge is -2.61. The van der Waals surface area contributed by atoms with Crippen molar-refractivity contribution in [3.8, 4) is 0 Å². The van der Waals surface area contributed by atoms with Crippen LogP contribution in [-0.4, -0.2) is 17.0 Å². The number of anilines is 1. The highest BCUT2D eigenvalue weighted by atomic mass is 16.4. The maximum absolute atomic E-state index is 13.6. The fraction of sp³-hybridized carbons (Fsp3) is 0.462. The molecule has 1 amide bonds. The van der Waals surface area contributed by atoms with Gasteiger partial charge in [-0.05, 0) is 98.4 Å². The predicted octanol–water partition coefficient (Wildman–Crippen LogP) is 5.48. The number of carboxylic acid groups (broad SMARTS) is 1. The van der Waals surface area contributed by atoms with Gasteiger partial charge >= 0.3 is 5.97 Å². The number of benzene rings is 2. The molecule has 2 aromatic rings. The number of para-hydroxylation sites is 1. The van der Waals surface area contributed by atoms with Crippen molar-refractivity contribution in [3.63, 3.8) is 0 Å². The quantitative estimate of drug-likeness (QED) is 0.710. The molecule has 4 aliphatic rings. The van der Waals surface area contributed by atoms with Crippen molar-refractivity contribution in [2.45, 2.75) is 57.8 Å². The molecule has 4 aliphatic carbocycles. The Morgan fingerprint density at radius 1 is 0.967 bits per heavy atom. The average Bonchev–Trinajstić information content (AvgIpc) is 2.69. The normalized spacial score (nSPS) is 31.5. The Morgan fingerprint density at radius 3 is 2.33 bits per heavy atom. The fourth-order valence-corrected chi connectivity index (χ4v) is 6.97. The Morgan fingerprint density at radius 2 is 1.67 bits per heavy atom. The molecule has 4 nitrogen and oxygen atoms in total. The summed E-state index contributed by atoms with van der Waals surface area (Å²) in [6, 6.07) is 13.6. The fourth-order valence-electron chi connectivity index (χ4n) is 6.97. The molecule has 6 rings (SSSR count). The molecule has 30 heavy (non-hydrogen) atoms. The van der Waals surface area contributed by atoms with Gasteiger partial charge in [-0.3, -0.25) is 4.79 Å². The van der Waals surface area contributed by atoms with Gasteiger partial charge in [0.1, 0.15) is 0 Å². The van der Waals surface area contributed by atoms with Crippen molar-refractivity contribution < 1.29 is 14.7 Å². The zero-order chi connectivity index (χ0) is 21.1. The van der Waals surface area contributed by atoms with E-state index >= 15 is 0 Å². The highest BCUT2D eigenvalue weighted by Crippen LogP contribution is 2.66. The summed E-state index contributed by atoms with van der Waals surface area (Å²) < 4.78 is 0. The number of amides is 1. The van der Waals surface area contributed by atoms with Crippen LogP contribution in [0.2, 0.25) is 0 Å². The van der Waals surface area contributed by atoms with Gasteiger partial charge in [0.2, 0.25) is 5.91 Å². The Bertz CT molecular complexity index is 1030. The second-order valence-electron chi connectivity index (χ2n) is 10.1. The van der Waals surface area contributed by atoms with Crippen LogP contribution in [0.25, 0.3) is 0 Å². The number of rotatable bonds is 4. The van der Waals surface area contributed by atoms with E-state index in [1.165, 1.54) is 36.0 Å². The van der Waals surface area contributed by atoms with E-state index in [0.29, 0.717) is 17.5 Å². The summed E-state index contributed by atoms with van der Waals surface area (Å²) in [5, 5.41) is 12.5. The molecule has 2 atom stereocenters. The molecule has 2 N–H and O–H groups in total. The standard InChI is InChI=1S/C26H29NO3/c1-16-7-8-20(9-17(16)2)25-11-18-10-19(12-25)14-26(13-18,15-25)24(30)27-22-6-4-3-5-21(22)23(28)29/h3-9,18-19H,10-15H2,1-2H3,(H,27,30)(H,28,29). The third kappa shape index (κ3) is 2.96. The summed E-state index contributed by atoms with van der Waals surface area (Å²) in [7, 11) is 0. The minimum atomic E-state index is -1.01. The highest BCUT2D eigenvalue weighted by Gasteiger charge is 2.61. The number of hydrogen-bond donors (Lipinski definition) is 2. The first-order chi connectivity index (χ1) is 14.3. The Kier molecular flexibility index (Phi) is 4.32. The van der Waals surface area contributed by atoms with Gasteiger partial charge in [0.05, 0.1) is 16.7 Å². The van der Waals surface area contributed by atoms with E-state index in [-0.39, 0.29) is 16.9 Å². The van der Waals surface area contributed by atoms with Crippen LogP contribution < -0.4 is 5.32 Å². The predicted molar refractivity (Wildman–Crippen MR) is 117 cm³/mol. The zero-order valence-corrected chi connectivity index (χ0v) is 17.7. The molecular formula is C26H29NO3. The van der Waals surface area contributed by atoms with Crippen molar-refractivity contribution in [2.24, 2.45) is 17.3 Å². The summed E-state index contributed by atoms with van der Waals surface area (Å²) >= 11 is 0. The summed E-state index contributed by atoms with van der Waals surface area (Å²) in [4.78, 5) is 25.2. The number of carbonyl (C=O) groups is 2. The topological polar surface area (TPSA) is 66.4 Å². The monoisotopic (exact) mass is 403 g/mol. The lowest BCUT2D eigenvalue weighted by Crippen LogP contribution is -2.58. The summed E-state index contributed by atoms with van der Waals surface area (Å²) in [6.07, 6.45) is 6.30. The largest absolute Gasteiger partial charge is 0.478 e. The van der Waals surface area contributed by atoms with Crippen molar-refractivity contribution in [1.82, 2.24) is 0 Å². The maximum atomic E-state index is 13.6. The van der Waals surface area contributed by atoms with Crippen LogP contribution in [-0.2, 0) is 10.2 Å². The van der Waals surface area contributed by atoms with Crippen LogP contribution in [0.5, 0.6) is 0 Å². The smallest absolute Gasteiger partial charge is 0.337 e.